The maximum atomic E-state index is 13.1. The summed E-state index contributed by atoms with van der Waals surface area (Å²) in [5.41, 5.74) is -0.574. The lowest BCUT2D eigenvalue weighted by Gasteiger charge is -2.38. The highest BCUT2D eigenvalue weighted by atomic mass is 127. The van der Waals surface area contributed by atoms with E-state index in [1.54, 1.807) is 6.92 Å². The van der Waals surface area contributed by atoms with E-state index >= 15 is 0 Å². The van der Waals surface area contributed by atoms with E-state index in [0.717, 1.165) is 12.8 Å². The van der Waals surface area contributed by atoms with Gasteiger partial charge in [-0.25, -0.2) is 4.39 Å². The molecule has 0 spiro atoms. The van der Waals surface area contributed by atoms with Crippen LogP contribution in [0.25, 0.3) is 0 Å². The molecule has 0 radical (unpaired) electrons. The van der Waals surface area contributed by atoms with E-state index in [0.29, 0.717) is 22.0 Å². The Morgan fingerprint density at radius 3 is 2.76 bits per heavy atom. The summed E-state index contributed by atoms with van der Waals surface area (Å²) >= 11 is 1.90. The van der Waals surface area contributed by atoms with Gasteiger partial charge in [-0.15, -0.1) is 0 Å². The number of halogens is 2. The highest BCUT2D eigenvalue weighted by molar-refractivity contribution is 14.1. The fraction of sp³-hybridized carbons (Fsp3) is 0.467. The van der Waals surface area contributed by atoms with Gasteiger partial charge in [0.1, 0.15) is 5.82 Å². The summed E-state index contributed by atoms with van der Waals surface area (Å²) in [6.45, 7) is 1.68. The van der Waals surface area contributed by atoms with Crippen molar-refractivity contribution in [3.63, 3.8) is 0 Å². The Hall–Kier alpha value is -1.18. The highest BCUT2D eigenvalue weighted by Crippen LogP contribution is 2.36. The van der Waals surface area contributed by atoms with E-state index in [-0.39, 0.29) is 5.91 Å². The number of aliphatic carboxylic acids is 1. The standard InChI is InChI=1S/C15H17FINO3/c1-15(14(20)21)7-3-2-4-12(15)18-13(19)10-6-5-9(16)8-11(10)17/h5-6,8,12H,2-4,7H2,1H3,(H,18,19)(H,20,21). The lowest BCUT2D eigenvalue weighted by molar-refractivity contribution is -0.151. The maximum Gasteiger partial charge on any atom is 0.311 e. The predicted octanol–water partition coefficient (Wildman–Crippen LogP) is 3.19. The molecule has 0 aliphatic heterocycles. The van der Waals surface area contributed by atoms with E-state index in [9.17, 15) is 19.1 Å². The van der Waals surface area contributed by atoms with Crippen LogP contribution in [0.5, 0.6) is 0 Å². The lowest BCUT2D eigenvalue weighted by Crippen LogP contribution is -2.52. The number of hydrogen-bond donors (Lipinski definition) is 2. The monoisotopic (exact) mass is 405 g/mol. The summed E-state index contributed by atoms with van der Waals surface area (Å²) in [4.78, 5) is 23.8. The van der Waals surface area contributed by atoms with E-state index in [4.69, 9.17) is 0 Å². The third-order valence-electron chi connectivity index (χ3n) is 4.18. The second-order valence-corrected chi connectivity index (χ2v) is 6.78. The molecule has 1 aromatic carbocycles. The quantitative estimate of drug-likeness (QED) is 0.760. The van der Waals surface area contributed by atoms with Crippen LogP contribution in [0, 0.1) is 14.8 Å². The summed E-state index contributed by atoms with van der Waals surface area (Å²) in [6.07, 6.45) is 2.94. The van der Waals surface area contributed by atoms with Crippen molar-refractivity contribution < 1.29 is 19.1 Å². The zero-order valence-electron chi connectivity index (χ0n) is 11.7. The van der Waals surface area contributed by atoms with Gasteiger partial charge in [0, 0.05) is 9.61 Å². The number of benzene rings is 1. The first kappa shape index (κ1) is 16.2. The second-order valence-electron chi connectivity index (χ2n) is 5.62. The number of hydrogen-bond acceptors (Lipinski definition) is 2. The summed E-state index contributed by atoms with van der Waals surface area (Å²) in [6, 6.07) is 3.53. The highest BCUT2D eigenvalue weighted by Gasteiger charge is 2.44. The Balaban J connectivity index is 2.19. The fourth-order valence-electron chi connectivity index (χ4n) is 2.73. The van der Waals surface area contributed by atoms with Gasteiger partial charge in [0.25, 0.3) is 5.91 Å². The van der Waals surface area contributed by atoms with Crippen molar-refractivity contribution in [1.82, 2.24) is 5.32 Å². The molecule has 1 fully saturated rings. The molecule has 2 unspecified atom stereocenters. The maximum absolute atomic E-state index is 13.1. The number of amides is 1. The topological polar surface area (TPSA) is 66.4 Å². The molecule has 21 heavy (non-hydrogen) atoms. The van der Waals surface area contributed by atoms with E-state index in [1.807, 2.05) is 22.6 Å². The molecule has 0 heterocycles. The van der Waals surface area contributed by atoms with Crippen LogP contribution in [-0.4, -0.2) is 23.0 Å². The van der Waals surface area contributed by atoms with Crippen molar-refractivity contribution in [2.24, 2.45) is 5.41 Å². The van der Waals surface area contributed by atoms with Gasteiger partial charge < -0.3 is 10.4 Å². The van der Waals surface area contributed by atoms with Crippen molar-refractivity contribution in [3.05, 3.63) is 33.1 Å². The minimum atomic E-state index is -0.945. The van der Waals surface area contributed by atoms with Crippen LogP contribution in [0.3, 0.4) is 0 Å². The first-order chi connectivity index (χ1) is 9.84. The molecule has 4 nitrogen and oxygen atoms in total. The summed E-state index contributed by atoms with van der Waals surface area (Å²) in [5.74, 6) is -1.64. The molecule has 0 saturated heterocycles. The SMILES string of the molecule is CC1(C(=O)O)CCCCC1NC(=O)c1ccc(F)cc1I. The van der Waals surface area contributed by atoms with Gasteiger partial charge in [0.05, 0.1) is 11.0 Å². The van der Waals surface area contributed by atoms with Crippen LogP contribution in [-0.2, 0) is 4.79 Å². The Labute approximate surface area is 136 Å². The van der Waals surface area contributed by atoms with Crippen LogP contribution >= 0.6 is 22.6 Å². The normalized spacial score (nSPS) is 25.4. The third kappa shape index (κ3) is 3.36. The van der Waals surface area contributed by atoms with Crippen molar-refractivity contribution in [3.8, 4) is 0 Å². The minimum absolute atomic E-state index is 0.348. The average Bonchev–Trinajstić information content (AvgIpc) is 2.41. The zero-order valence-corrected chi connectivity index (χ0v) is 13.8. The van der Waals surface area contributed by atoms with Gasteiger partial charge in [-0.1, -0.05) is 12.8 Å². The largest absolute Gasteiger partial charge is 0.481 e. The van der Waals surface area contributed by atoms with Crippen LogP contribution < -0.4 is 5.32 Å². The van der Waals surface area contributed by atoms with Gasteiger partial charge in [-0.2, -0.15) is 0 Å². The smallest absolute Gasteiger partial charge is 0.311 e. The number of carboxylic acids is 1. The molecule has 1 aliphatic rings. The van der Waals surface area contributed by atoms with Crippen molar-refractivity contribution in [2.75, 3.05) is 0 Å². The lowest BCUT2D eigenvalue weighted by atomic mass is 9.71. The molecular formula is C15H17FINO3. The number of carbonyl (C=O) groups is 2. The molecular weight excluding hydrogens is 388 g/mol. The molecule has 114 valence electrons. The Kier molecular flexibility index (Phi) is 4.85. The van der Waals surface area contributed by atoms with Crippen molar-refractivity contribution in [2.45, 2.75) is 38.6 Å². The number of rotatable bonds is 3. The van der Waals surface area contributed by atoms with Crippen molar-refractivity contribution >= 4 is 34.5 Å². The molecule has 6 heteroatoms. The summed E-state index contributed by atoms with van der Waals surface area (Å²) in [7, 11) is 0. The van der Waals surface area contributed by atoms with Crippen molar-refractivity contribution in [1.29, 1.82) is 0 Å². The van der Waals surface area contributed by atoms with E-state index in [2.05, 4.69) is 5.32 Å². The van der Waals surface area contributed by atoms with Gasteiger partial charge in [0.2, 0.25) is 0 Å². The molecule has 2 N–H and O–H groups in total. The average molecular weight is 405 g/mol. The van der Waals surface area contributed by atoms with Gasteiger partial charge >= 0.3 is 5.97 Å². The number of carboxylic acid groups (broad SMARTS) is 1. The second kappa shape index (κ2) is 6.29. The van der Waals surface area contributed by atoms with Crippen LogP contribution in [0.15, 0.2) is 18.2 Å². The minimum Gasteiger partial charge on any atom is -0.481 e. The Morgan fingerprint density at radius 1 is 1.43 bits per heavy atom. The first-order valence-corrected chi connectivity index (χ1v) is 7.92. The van der Waals surface area contributed by atoms with Gasteiger partial charge in [-0.3, -0.25) is 9.59 Å². The molecule has 1 saturated carbocycles. The van der Waals surface area contributed by atoms with Crippen LogP contribution in [0.4, 0.5) is 4.39 Å². The van der Waals surface area contributed by atoms with Crippen LogP contribution in [0.2, 0.25) is 0 Å². The van der Waals surface area contributed by atoms with Gasteiger partial charge in [0.15, 0.2) is 0 Å². The molecule has 2 rings (SSSR count). The Bertz CT molecular complexity index is 578. The third-order valence-corrected chi connectivity index (χ3v) is 5.07. The van der Waals surface area contributed by atoms with Gasteiger partial charge in [-0.05, 0) is 60.6 Å². The Morgan fingerprint density at radius 2 is 2.14 bits per heavy atom. The molecule has 0 bridgehead atoms. The number of nitrogens with one attached hydrogen (secondary N) is 1. The summed E-state index contributed by atoms with van der Waals surface area (Å²) < 4.78 is 13.6. The summed E-state index contributed by atoms with van der Waals surface area (Å²) in [5, 5.41) is 12.3. The molecule has 1 aliphatic carbocycles. The molecule has 1 aromatic rings. The fourth-order valence-corrected chi connectivity index (χ4v) is 3.45. The predicted molar refractivity (Wildman–Crippen MR) is 84.6 cm³/mol. The zero-order chi connectivity index (χ0) is 15.6. The molecule has 1 amide bonds. The number of carbonyl (C=O) groups excluding carboxylic acids is 1. The van der Waals surface area contributed by atoms with Crippen LogP contribution in [0.1, 0.15) is 43.0 Å². The van der Waals surface area contributed by atoms with E-state index < -0.39 is 23.2 Å². The molecule has 2 atom stereocenters. The molecule has 0 aromatic heterocycles. The van der Waals surface area contributed by atoms with E-state index in [1.165, 1.54) is 18.2 Å². The first-order valence-electron chi connectivity index (χ1n) is 6.84.